The number of piperidine rings is 1. The van der Waals surface area contributed by atoms with E-state index in [4.69, 9.17) is 0 Å². The van der Waals surface area contributed by atoms with Crippen molar-refractivity contribution in [1.82, 2.24) is 15.1 Å². The Morgan fingerprint density at radius 3 is 2.77 bits per heavy atom. The molecule has 2 aliphatic rings. The molecule has 0 aromatic carbocycles. The van der Waals surface area contributed by atoms with Gasteiger partial charge in [-0.3, -0.25) is 14.6 Å². The Morgan fingerprint density at radius 1 is 1.32 bits per heavy atom. The zero-order chi connectivity index (χ0) is 15.4. The molecule has 5 heteroatoms. The molecule has 1 N–H and O–H groups in total. The second-order valence-corrected chi connectivity index (χ2v) is 7.49. The molecule has 4 nitrogen and oxygen atoms in total. The number of likely N-dealkylation sites (N-methyl/N-ethyl adjacent to an activating group) is 1. The monoisotopic (exact) mass is 321 g/mol. The molecule has 22 heavy (non-hydrogen) atoms. The maximum absolute atomic E-state index is 12.5. The Bertz CT molecular complexity index is 470. The van der Waals surface area contributed by atoms with Crippen molar-refractivity contribution in [3.8, 4) is 0 Å². The lowest BCUT2D eigenvalue weighted by atomic mass is 10.0. The van der Waals surface area contributed by atoms with Crippen molar-refractivity contribution in [3.05, 3.63) is 22.4 Å². The highest BCUT2D eigenvalue weighted by molar-refractivity contribution is 7.10. The number of amides is 1. The minimum atomic E-state index is 0.0660. The summed E-state index contributed by atoms with van der Waals surface area (Å²) in [5.41, 5.74) is 0. The second-order valence-electron chi connectivity index (χ2n) is 6.51. The van der Waals surface area contributed by atoms with Gasteiger partial charge in [0.2, 0.25) is 5.91 Å². The third-order valence-electron chi connectivity index (χ3n) is 5.00. The molecule has 2 saturated heterocycles. The van der Waals surface area contributed by atoms with E-state index in [1.807, 2.05) is 0 Å². The number of carbonyl (C=O) groups is 1. The van der Waals surface area contributed by atoms with Gasteiger partial charge in [0.1, 0.15) is 0 Å². The van der Waals surface area contributed by atoms with Crippen LogP contribution < -0.4 is 5.32 Å². The Balaban J connectivity index is 1.60. The van der Waals surface area contributed by atoms with Gasteiger partial charge >= 0.3 is 0 Å². The van der Waals surface area contributed by atoms with Crippen molar-refractivity contribution in [3.63, 3.8) is 0 Å². The number of carbonyl (C=O) groups excluding carboxylic acids is 1. The van der Waals surface area contributed by atoms with Crippen LogP contribution in [0, 0.1) is 0 Å². The lowest BCUT2D eigenvalue weighted by molar-refractivity contribution is -0.127. The van der Waals surface area contributed by atoms with E-state index in [-0.39, 0.29) is 11.9 Å². The SMILES string of the molecule is CN1CCCC[C@H]1C(=O)NC[C@@H](c1cccs1)N1CCCC1. The highest BCUT2D eigenvalue weighted by atomic mass is 32.1. The molecule has 0 radical (unpaired) electrons. The summed E-state index contributed by atoms with van der Waals surface area (Å²) in [4.78, 5) is 18.6. The summed E-state index contributed by atoms with van der Waals surface area (Å²) in [6, 6.07) is 4.73. The van der Waals surface area contributed by atoms with Gasteiger partial charge < -0.3 is 5.32 Å². The molecule has 2 atom stereocenters. The molecule has 1 aromatic heterocycles. The Kier molecular flexibility index (Phi) is 5.50. The van der Waals surface area contributed by atoms with Gasteiger partial charge in [0, 0.05) is 11.4 Å². The van der Waals surface area contributed by atoms with Crippen molar-refractivity contribution in [2.45, 2.75) is 44.2 Å². The highest BCUT2D eigenvalue weighted by Crippen LogP contribution is 2.28. The molecule has 0 saturated carbocycles. The molecule has 1 aromatic rings. The van der Waals surface area contributed by atoms with Gasteiger partial charge in [0.05, 0.1) is 12.1 Å². The first-order chi connectivity index (χ1) is 10.8. The zero-order valence-corrected chi connectivity index (χ0v) is 14.3. The summed E-state index contributed by atoms with van der Waals surface area (Å²) in [5, 5.41) is 5.37. The van der Waals surface area contributed by atoms with E-state index in [0.717, 1.165) is 32.6 Å². The predicted octanol–water partition coefficient (Wildman–Crippen LogP) is 2.49. The highest BCUT2D eigenvalue weighted by Gasteiger charge is 2.28. The minimum Gasteiger partial charge on any atom is -0.353 e. The van der Waals surface area contributed by atoms with Crippen molar-refractivity contribution in [2.75, 3.05) is 33.2 Å². The lowest BCUT2D eigenvalue weighted by Crippen LogP contribution is -2.49. The largest absolute Gasteiger partial charge is 0.353 e. The number of rotatable bonds is 5. The Labute approximate surface area is 137 Å². The third-order valence-corrected chi connectivity index (χ3v) is 5.97. The fourth-order valence-electron chi connectivity index (χ4n) is 3.67. The van der Waals surface area contributed by atoms with Crippen LogP contribution in [0.4, 0.5) is 0 Å². The van der Waals surface area contributed by atoms with Crippen molar-refractivity contribution in [2.24, 2.45) is 0 Å². The van der Waals surface area contributed by atoms with Gasteiger partial charge in [-0.2, -0.15) is 0 Å². The van der Waals surface area contributed by atoms with Crippen LogP contribution in [0.2, 0.25) is 0 Å². The molecular weight excluding hydrogens is 294 g/mol. The lowest BCUT2D eigenvalue weighted by Gasteiger charge is -2.32. The fourth-order valence-corrected chi connectivity index (χ4v) is 4.53. The van der Waals surface area contributed by atoms with Crippen LogP contribution in [0.25, 0.3) is 0 Å². The number of nitrogens with one attached hydrogen (secondary N) is 1. The normalized spacial score (nSPS) is 25.2. The summed E-state index contributed by atoms with van der Waals surface area (Å²) >= 11 is 1.80. The second kappa shape index (κ2) is 7.57. The number of nitrogens with zero attached hydrogens (tertiary/aromatic N) is 2. The molecule has 1 amide bonds. The Morgan fingerprint density at radius 2 is 2.09 bits per heavy atom. The number of thiophene rings is 1. The summed E-state index contributed by atoms with van der Waals surface area (Å²) in [7, 11) is 2.07. The van der Waals surface area contributed by atoms with Crippen LogP contribution in [0.15, 0.2) is 17.5 Å². The smallest absolute Gasteiger partial charge is 0.237 e. The molecule has 2 fully saturated rings. The van der Waals surface area contributed by atoms with E-state index < -0.39 is 0 Å². The van der Waals surface area contributed by atoms with Gasteiger partial charge in [0.15, 0.2) is 0 Å². The molecule has 0 aliphatic carbocycles. The maximum atomic E-state index is 12.5. The van der Waals surface area contributed by atoms with Crippen molar-refractivity contribution < 1.29 is 4.79 Å². The first kappa shape index (κ1) is 16.0. The van der Waals surface area contributed by atoms with Crippen LogP contribution in [-0.2, 0) is 4.79 Å². The minimum absolute atomic E-state index is 0.0660. The molecule has 0 spiro atoms. The van der Waals surface area contributed by atoms with E-state index in [1.165, 1.54) is 30.6 Å². The first-order valence-electron chi connectivity index (χ1n) is 8.51. The molecule has 0 bridgehead atoms. The van der Waals surface area contributed by atoms with Crippen LogP contribution in [0.1, 0.15) is 43.0 Å². The molecular formula is C17H27N3OS. The quantitative estimate of drug-likeness (QED) is 0.905. The average molecular weight is 321 g/mol. The van der Waals surface area contributed by atoms with Gasteiger partial charge in [0.25, 0.3) is 0 Å². The first-order valence-corrected chi connectivity index (χ1v) is 9.39. The van der Waals surface area contributed by atoms with E-state index in [1.54, 1.807) is 11.3 Å². The maximum Gasteiger partial charge on any atom is 0.237 e. The van der Waals surface area contributed by atoms with E-state index >= 15 is 0 Å². The van der Waals surface area contributed by atoms with Crippen LogP contribution in [0.5, 0.6) is 0 Å². The summed E-state index contributed by atoms with van der Waals surface area (Å²) in [5.74, 6) is 0.211. The molecule has 3 rings (SSSR count). The topological polar surface area (TPSA) is 35.6 Å². The predicted molar refractivity (Wildman–Crippen MR) is 91.1 cm³/mol. The summed E-state index contributed by atoms with van der Waals surface area (Å²) < 4.78 is 0. The summed E-state index contributed by atoms with van der Waals surface area (Å²) in [6.45, 7) is 4.09. The van der Waals surface area contributed by atoms with Crippen molar-refractivity contribution >= 4 is 17.2 Å². The van der Waals surface area contributed by atoms with Gasteiger partial charge in [-0.1, -0.05) is 12.5 Å². The average Bonchev–Trinajstić information content (AvgIpc) is 3.21. The third kappa shape index (κ3) is 3.70. The number of hydrogen-bond acceptors (Lipinski definition) is 4. The molecule has 3 heterocycles. The van der Waals surface area contributed by atoms with Gasteiger partial charge in [-0.15, -0.1) is 11.3 Å². The molecule has 122 valence electrons. The molecule has 0 unspecified atom stereocenters. The van der Waals surface area contributed by atoms with Gasteiger partial charge in [-0.25, -0.2) is 0 Å². The van der Waals surface area contributed by atoms with E-state index in [0.29, 0.717) is 6.04 Å². The van der Waals surface area contributed by atoms with Crippen molar-refractivity contribution in [1.29, 1.82) is 0 Å². The van der Waals surface area contributed by atoms with Gasteiger partial charge in [-0.05, 0) is 63.8 Å². The van der Waals surface area contributed by atoms with E-state index in [2.05, 4.69) is 39.7 Å². The van der Waals surface area contributed by atoms with E-state index in [9.17, 15) is 4.79 Å². The van der Waals surface area contributed by atoms with Crippen LogP contribution in [0.3, 0.4) is 0 Å². The Hall–Kier alpha value is -0.910. The number of likely N-dealkylation sites (tertiary alicyclic amines) is 2. The summed E-state index contributed by atoms with van der Waals surface area (Å²) in [6.07, 6.45) is 5.94. The van der Waals surface area contributed by atoms with Crippen LogP contribution in [-0.4, -0.2) is 55.0 Å². The molecule has 2 aliphatic heterocycles. The standard InChI is InChI=1S/C17H27N3OS/c1-19-9-3-2-7-14(19)17(21)18-13-15(16-8-6-12-22-16)20-10-4-5-11-20/h6,8,12,14-15H,2-5,7,9-11,13H2,1H3,(H,18,21)/t14-,15-/m0/s1. The fraction of sp³-hybridized carbons (Fsp3) is 0.706. The van der Waals surface area contributed by atoms with Crippen LogP contribution >= 0.6 is 11.3 Å². The number of hydrogen-bond donors (Lipinski definition) is 1. The zero-order valence-electron chi connectivity index (χ0n) is 13.5.